The van der Waals surface area contributed by atoms with Gasteiger partial charge in [-0.3, -0.25) is 19.5 Å². The number of carbonyl (C=O) groups excluding carboxylic acids is 2. The maximum atomic E-state index is 14.8. The molecule has 6 heterocycles. The highest BCUT2D eigenvalue weighted by Gasteiger charge is 2.57. The molecule has 2 saturated heterocycles. The number of benzene rings is 1. The number of fused-ring (bicyclic) bond motifs is 3. The molecule has 0 atom stereocenters. The standard InChI is InChI=1S/C38H43FN8O2/c1-23(2)46-22-41-32-19-31(43-35(34(32)46)42-30-6-12-40-20-29(30)39)25-4-5-28-33(16-25)47(36(49)38(28)10-14-44(15-11-38)24(3)48)27-17-26(18-27)45-13-9-37(21-45)7-8-37/h4-6,12,16,19-20,22-23,26-27H,7-11,13-15,17-18,21H2,1-3H3,(H,40,42,43). The van der Waals surface area contributed by atoms with Gasteiger partial charge in [-0.2, -0.15) is 0 Å². The van der Waals surface area contributed by atoms with Crippen molar-refractivity contribution in [1.29, 1.82) is 0 Å². The molecule has 254 valence electrons. The van der Waals surface area contributed by atoms with Crippen molar-refractivity contribution in [2.75, 3.05) is 36.4 Å². The summed E-state index contributed by atoms with van der Waals surface area (Å²) in [5.74, 6) is 0.282. The minimum Gasteiger partial charge on any atom is -0.343 e. The maximum absolute atomic E-state index is 14.8. The van der Waals surface area contributed by atoms with Crippen LogP contribution in [0.1, 0.15) is 77.3 Å². The monoisotopic (exact) mass is 662 g/mol. The van der Waals surface area contributed by atoms with Gasteiger partial charge in [0.15, 0.2) is 11.6 Å². The van der Waals surface area contributed by atoms with E-state index in [2.05, 4.69) is 52.1 Å². The summed E-state index contributed by atoms with van der Waals surface area (Å²) >= 11 is 0. The van der Waals surface area contributed by atoms with Gasteiger partial charge in [-0.15, -0.1) is 0 Å². The number of nitrogens with one attached hydrogen (secondary N) is 1. The molecule has 2 saturated carbocycles. The summed E-state index contributed by atoms with van der Waals surface area (Å²) in [4.78, 5) is 47.3. The van der Waals surface area contributed by atoms with E-state index >= 15 is 0 Å². The molecule has 0 unspecified atom stereocenters. The first kappa shape index (κ1) is 30.7. The van der Waals surface area contributed by atoms with Crippen molar-refractivity contribution in [2.24, 2.45) is 5.41 Å². The van der Waals surface area contributed by atoms with Crippen LogP contribution in [0, 0.1) is 11.2 Å². The highest BCUT2D eigenvalue weighted by Crippen LogP contribution is 2.56. The number of nitrogens with zero attached hydrogens (tertiary/aromatic N) is 7. The summed E-state index contributed by atoms with van der Waals surface area (Å²) in [6, 6.07) is 10.7. The molecule has 3 aliphatic heterocycles. The molecule has 0 bridgehead atoms. The van der Waals surface area contributed by atoms with Crippen molar-refractivity contribution in [1.82, 2.24) is 29.3 Å². The minimum absolute atomic E-state index is 0.0611. The molecule has 9 rings (SSSR count). The van der Waals surface area contributed by atoms with Crippen LogP contribution < -0.4 is 10.2 Å². The van der Waals surface area contributed by atoms with Crippen LogP contribution in [0.4, 0.5) is 21.6 Å². The van der Waals surface area contributed by atoms with Gasteiger partial charge >= 0.3 is 0 Å². The quantitative estimate of drug-likeness (QED) is 0.263. The third-order valence-electron chi connectivity index (χ3n) is 12.3. The molecular weight excluding hydrogens is 619 g/mol. The fraction of sp³-hybridized carbons (Fsp3) is 0.500. The Bertz CT molecular complexity index is 1990. The Morgan fingerprint density at radius 1 is 1.02 bits per heavy atom. The van der Waals surface area contributed by atoms with Gasteiger partial charge in [-0.25, -0.2) is 14.4 Å². The van der Waals surface area contributed by atoms with Crippen LogP contribution in [0.2, 0.25) is 0 Å². The second-order valence-corrected chi connectivity index (χ2v) is 15.4. The molecule has 0 radical (unpaired) electrons. The van der Waals surface area contributed by atoms with Gasteiger partial charge in [0.1, 0.15) is 5.52 Å². The summed E-state index contributed by atoms with van der Waals surface area (Å²) < 4.78 is 16.8. The summed E-state index contributed by atoms with van der Waals surface area (Å²) in [6.07, 6.45) is 11.8. The third-order valence-corrected chi connectivity index (χ3v) is 12.3. The molecule has 2 spiro atoms. The normalized spacial score (nSPS) is 23.9. The van der Waals surface area contributed by atoms with E-state index in [4.69, 9.17) is 9.97 Å². The lowest BCUT2D eigenvalue weighted by Crippen LogP contribution is -2.57. The Morgan fingerprint density at radius 3 is 2.51 bits per heavy atom. The van der Waals surface area contributed by atoms with Crippen molar-refractivity contribution < 1.29 is 14.0 Å². The number of piperidine rings is 1. The first-order valence-corrected chi connectivity index (χ1v) is 17.9. The number of hydrogen-bond donors (Lipinski definition) is 1. The Labute approximate surface area is 285 Å². The number of rotatable bonds is 6. The van der Waals surface area contributed by atoms with Crippen LogP contribution in [0.3, 0.4) is 0 Å². The Hall–Kier alpha value is -4.38. The molecule has 4 fully saturated rings. The van der Waals surface area contributed by atoms with E-state index in [0.29, 0.717) is 48.9 Å². The van der Waals surface area contributed by atoms with E-state index in [0.717, 1.165) is 40.7 Å². The van der Waals surface area contributed by atoms with Crippen LogP contribution in [-0.4, -0.2) is 79.4 Å². The fourth-order valence-corrected chi connectivity index (χ4v) is 9.02. The van der Waals surface area contributed by atoms with Crippen molar-refractivity contribution >= 4 is 40.0 Å². The SMILES string of the molecule is CC(=O)N1CCC2(CC1)C(=O)N(C1CC(N3CCC4(CC4)C3)C1)c1cc(-c3cc4ncn(C(C)C)c4c(Nc4ccncc4F)n3)ccc12. The average Bonchev–Trinajstić information content (AvgIpc) is 3.39. The minimum atomic E-state index is -0.629. The fourth-order valence-electron chi connectivity index (χ4n) is 9.02. The van der Waals surface area contributed by atoms with Crippen LogP contribution in [0.15, 0.2) is 49.1 Å². The summed E-state index contributed by atoms with van der Waals surface area (Å²) in [6.45, 7) is 9.31. The van der Waals surface area contributed by atoms with E-state index in [-0.39, 0.29) is 29.6 Å². The Balaban J connectivity index is 1.10. The number of anilines is 3. The van der Waals surface area contributed by atoms with E-state index in [1.807, 2.05) is 15.5 Å². The lowest BCUT2D eigenvalue weighted by Gasteiger charge is -2.46. The number of aromatic nitrogens is 4. The average molecular weight is 663 g/mol. The second-order valence-electron chi connectivity index (χ2n) is 15.4. The predicted octanol–water partition coefficient (Wildman–Crippen LogP) is 6.20. The first-order valence-electron chi connectivity index (χ1n) is 17.9. The zero-order valence-corrected chi connectivity index (χ0v) is 28.5. The molecule has 4 aromatic rings. The smallest absolute Gasteiger partial charge is 0.238 e. The number of amides is 2. The molecule has 10 nitrogen and oxygen atoms in total. The highest BCUT2D eigenvalue weighted by molar-refractivity contribution is 6.09. The zero-order valence-electron chi connectivity index (χ0n) is 28.5. The summed E-state index contributed by atoms with van der Waals surface area (Å²) in [5, 5.41) is 3.22. The van der Waals surface area contributed by atoms with Gasteiger partial charge in [0.2, 0.25) is 11.8 Å². The van der Waals surface area contributed by atoms with Gasteiger partial charge in [-0.1, -0.05) is 12.1 Å². The molecule has 2 amide bonds. The largest absolute Gasteiger partial charge is 0.343 e. The number of hydrogen-bond acceptors (Lipinski definition) is 7. The van der Waals surface area contributed by atoms with Gasteiger partial charge in [-0.05, 0) is 94.5 Å². The van der Waals surface area contributed by atoms with Gasteiger partial charge in [0.05, 0.1) is 34.8 Å². The molecule has 49 heavy (non-hydrogen) atoms. The van der Waals surface area contributed by atoms with Gasteiger partial charge < -0.3 is 19.7 Å². The first-order chi connectivity index (χ1) is 23.6. The molecule has 11 heteroatoms. The Kier molecular flexibility index (Phi) is 6.92. The van der Waals surface area contributed by atoms with E-state index < -0.39 is 11.2 Å². The third kappa shape index (κ3) is 4.87. The van der Waals surface area contributed by atoms with Crippen LogP contribution in [-0.2, 0) is 15.0 Å². The number of halogens is 1. The number of pyridine rings is 2. The molecular formula is C38H43FN8O2. The van der Waals surface area contributed by atoms with Crippen molar-refractivity contribution in [2.45, 2.75) is 89.3 Å². The molecule has 2 aliphatic carbocycles. The zero-order chi connectivity index (χ0) is 33.7. The molecule has 1 N–H and O–H groups in total. The van der Waals surface area contributed by atoms with E-state index in [1.165, 1.54) is 38.5 Å². The number of imidazole rings is 1. The van der Waals surface area contributed by atoms with Crippen LogP contribution in [0.25, 0.3) is 22.3 Å². The molecule has 3 aromatic heterocycles. The van der Waals surface area contributed by atoms with Crippen LogP contribution >= 0.6 is 0 Å². The van der Waals surface area contributed by atoms with E-state index in [1.54, 1.807) is 25.5 Å². The van der Waals surface area contributed by atoms with Crippen molar-refractivity contribution in [3.05, 3.63) is 60.4 Å². The number of carbonyl (C=O) groups is 2. The lowest BCUT2D eigenvalue weighted by atomic mass is 9.73. The van der Waals surface area contributed by atoms with E-state index in [9.17, 15) is 14.0 Å². The lowest BCUT2D eigenvalue weighted by molar-refractivity contribution is -0.134. The van der Waals surface area contributed by atoms with Crippen molar-refractivity contribution in [3.8, 4) is 11.3 Å². The van der Waals surface area contributed by atoms with Crippen molar-refractivity contribution in [3.63, 3.8) is 0 Å². The number of likely N-dealkylation sites (tertiary alicyclic amines) is 2. The maximum Gasteiger partial charge on any atom is 0.238 e. The predicted molar refractivity (Wildman–Crippen MR) is 186 cm³/mol. The summed E-state index contributed by atoms with van der Waals surface area (Å²) in [5.41, 5.74) is 5.38. The second kappa shape index (κ2) is 11.1. The highest BCUT2D eigenvalue weighted by atomic mass is 19.1. The molecule has 5 aliphatic rings. The van der Waals surface area contributed by atoms with Gasteiger partial charge in [0, 0.05) is 62.1 Å². The van der Waals surface area contributed by atoms with Crippen LogP contribution in [0.5, 0.6) is 0 Å². The topological polar surface area (TPSA) is 99.5 Å². The molecule has 1 aromatic carbocycles. The summed E-state index contributed by atoms with van der Waals surface area (Å²) in [7, 11) is 0. The Morgan fingerprint density at radius 2 is 1.82 bits per heavy atom. The van der Waals surface area contributed by atoms with Gasteiger partial charge in [0.25, 0.3) is 0 Å².